The van der Waals surface area contributed by atoms with E-state index in [1.165, 1.54) is 7.11 Å². The number of rotatable bonds is 8. The van der Waals surface area contributed by atoms with Gasteiger partial charge in [-0.1, -0.05) is 18.5 Å². The molecule has 36 heavy (non-hydrogen) atoms. The van der Waals surface area contributed by atoms with Gasteiger partial charge in [0.2, 0.25) is 17.7 Å². The molecule has 2 atom stereocenters. The molecular formula is C24H33ClN4O7. The van der Waals surface area contributed by atoms with Crippen molar-refractivity contribution in [1.82, 2.24) is 20.9 Å². The van der Waals surface area contributed by atoms with Crippen LogP contribution in [-0.4, -0.2) is 73.0 Å². The van der Waals surface area contributed by atoms with Crippen molar-refractivity contribution in [2.24, 2.45) is 5.92 Å². The number of hydrogen-bond acceptors (Lipinski definition) is 7. The summed E-state index contributed by atoms with van der Waals surface area (Å²) in [6.07, 6.45) is 0.351. The number of methoxy groups -OCH3 is 1. The number of imide groups is 1. The van der Waals surface area contributed by atoms with Gasteiger partial charge in [0.05, 0.1) is 13.0 Å². The highest BCUT2D eigenvalue weighted by Crippen LogP contribution is 2.26. The molecule has 3 N–H and O–H groups in total. The van der Waals surface area contributed by atoms with Crippen LogP contribution >= 0.6 is 11.6 Å². The Morgan fingerprint density at radius 2 is 1.94 bits per heavy atom. The number of nitrogens with zero attached hydrogens (tertiary/aromatic N) is 1. The van der Waals surface area contributed by atoms with Crippen molar-refractivity contribution in [2.45, 2.75) is 52.2 Å². The smallest absolute Gasteiger partial charge is 0.325 e. The number of ether oxygens (including phenoxy) is 2. The molecule has 5 amide bonds. The predicted octanol–water partition coefficient (Wildman–Crippen LogP) is 1.41. The molecule has 0 bridgehead atoms. The topological polar surface area (TPSA) is 143 Å². The van der Waals surface area contributed by atoms with E-state index in [0.717, 1.165) is 4.90 Å². The van der Waals surface area contributed by atoms with Crippen molar-refractivity contribution in [3.05, 3.63) is 28.8 Å². The normalized spacial score (nSPS) is 16.9. The van der Waals surface area contributed by atoms with Crippen molar-refractivity contribution < 1.29 is 33.4 Å². The molecule has 0 spiro atoms. The van der Waals surface area contributed by atoms with Crippen molar-refractivity contribution >= 4 is 41.3 Å². The second kappa shape index (κ2) is 12.6. The number of carbonyl (C=O) groups is 5. The number of amides is 5. The highest BCUT2D eigenvalue weighted by molar-refractivity contribution is 6.30. The van der Waals surface area contributed by atoms with Gasteiger partial charge in [-0.05, 0) is 57.4 Å². The van der Waals surface area contributed by atoms with Crippen LogP contribution < -0.4 is 20.7 Å². The van der Waals surface area contributed by atoms with Gasteiger partial charge >= 0.3 is 12.0 Å². The summed E-state index contributed by atoms with van der Waals surface area (Å²) in [4.78, 5) is 63.7. The van der Waals surface area contributed by atoms with Gasteiger partial charge in [-0.25, -0.2) is 4.79 Å². The average molecular weight is 525 g/mol. The monoisotopic (exact) mass is 524 g/mol. The summed E-state index contributed by atoms with van der Waals surface area (Å²) in [5.74, 6) is -2.60. The Bertz CT molecular complexity index is 1010. The van der Waals surface area contributed by atoms with Crippen molar-refractivity contribution in [3.63, 3.8) is 0 Å². The summed E-state index contributed by atoms with van der Waals surface area (Å²) in [6.45, 7) is 5.90. The van der Waals surface area contributed by atoms with Gasteiger partial charge < -0.3 is 25.4 Å². The van der Waals surface area contributed by atoms with E-state index in [2.05, 4.69) is 16.0 Å². The Labute approximate surface area is 215 Å². The predicted molar refractivity (Wildman–Crippen MR) is 131 cm³/mol. The average Bonchev–Trinajstić information content (AvgIpc) is 2.93. The number of halogens is 1. The Balaban J connectivity index is 2.10. The third-order valence-corrected chi connectivity index (χ3v) is 5.50. The van der Waals surface area contributed by atoms with Crippen LogP contribution in [0, 0.1) is 5.92 Å². The lowest BCUT2D eigenvalue weighted by Gasteiger charge is -2.25. The number of carbonyl (C=O) groups excluding carboxylic acids is 5. The molecule has 1 saturated heterocycles. The molecule has 1 heterocycles. The Hall–Kier alpha value is -3.34. The van der Waals surface area contributed by atoms with Crippen molar-refractivity contribution in [2.75, 3.05) is 26.7 Å². The summed E-state index contributed by atoms with van der Waals surface area (Å²) in [5, 5.41) is 7.99. The number of benzene rings is 1. The van der Waals surface area contributed by atoms with Gasteiger partial charge in [0, 0.05) is 11.6 Å². The van der Waals surface area contributed by atoms with Gasteiger partial charge in [-0.3, -0.25) is 24.1 Å². The fourth-order valence-corrected chi connectivity index (χ4v) is 3.76. The first-order valence-electron chi connectivity index (χ1n) is 11.5. The lowest BCUT2D eigenvalue weighted by atomic mass is 9.97. The maximum Gasteiger partial charge on any atom is 0.325 e. The molecule has 1 aromatic rings. The van der Waals surface area contributed by atoms with E-state index in [4.69, 9.17) is 21.1 Å². The summed E-state index contributed by atoms with van der Waals surface area (Å²) < 4.78 is 10.5. The van der Waals surface area contributed by atoms with Gasteiger partial charge in [0.25, 0.3) is 0 Å². The highest BCUT2D eigenvalue weighted by atomic mass is 35.5. The van der Waals surface area contributed by atoms with Crippen LogP contribution in [0.1, 0.15) is 39.7 Å². The molecular weight excluding hydrogens is 492 g/mol. The molecule has 198 valence electrons. The zero-order chi connectivity index (χ0) is 27.0. The molecule has 2 rings (SSSR count). The molecule has 11 nitrogen and oxygen atoms in total. The Kier molecular flexibility index (Phi) is 10.1. The van der Waals surface area contributed by atoms with Crippen LogP contribution in [0.25, 0.3) is 0 Å². The highest BCUT2D eigenvalue weighted by Gasteiger charge is 2.35. The number of hydrogen-bond donors (Lipinski definition) is 3. The lowest BCUT2D eigenvalue weighted by Crippen LogP contribution is -2.54. The van der Waals surface area contributed by atoms with Crippen molar-refractivity contribution in [3.8, 4) is 5.75 Å². The second-order valence-electron chi connectivity index (χ2n) is 9.30. The first kappa shape index (κ1) is 28.9. The molecule has 0 radical (unpaired) electrons. The fourth-order valence-electron chi connectivity index (χ4n) is 3.57. The van der Waals surface area contributed by atoms with E-state index in [0.29, 0.717) is 16.3 Å². The molecule has 0 aromatic heterocycles. The van der Waals surface area contributed by atoms with E-state index in [1.807, 2.05) is 0 Å². The van der Waals surface area contributed by atoms with Crippen LogP contribution in [0.15, 0.2) is 18.2 Å². The SMILES string of the molecule is CCC(NC(=O)N1CC(=O)NCC(Cc2cc(Cl)ccc2OC)C1=O)C(=O)NCC(=O)OC(C)(C)C. The van der Waals surface area contributed by atoms with Crippen molar-refractivity contribution in [1.29, 1.82) is 0 Å². The standard InChI is InChI=1S/C24H33ClN4O7/c1-6-17(21(32)27-12-20(31)36-24(2,3)4)28-23(34)29-13-19(30)26-11-15(22(29)33)9-14-10-16(25)7-8-18(14)35-5/h7-8,10,15,17H,6,9,11-13H2,1-5H3,(H,26,30)(H,27,32)(H,28,34). The zero-order valence-electron chi connectivity index (χ0n) is 21.1. The fraction of sp³-hybridized carbons (Fsp3) is 0.542. The first-order valence-corrected chi connectivity index (χ1v) is 11.9. The molecule has 0 aliphatic carbocycles. The van der Waals surface area contributed by atoms with Crippen LogP contribution in [0.2, 0.25) is 5.02 Å². The second-order valence-corrected chi connectivity index (χ2v) is 9.74. The third-order valence-electron chi connectivity index (χ3n) is 5.27. The quantitative estimate of drug-likeness (QED) is 0.436. The number of urea groups is 1. The minimum absolute atomic E-state index is 0.0185. The molecule has 0 saturated carbocycles. The lowest BCUT2D eigenvalue weighted by molar-refractivity contribution is -0.154. The van der Waals surface area contributed by atoms with Gasteiger partial charge in [0.1, 0.15) is 30.5 Å². The molecule has 1 fully saturated rings. The molecule has 2 unspecified atom stereocenters. The van der Waals surface area contributed by atoms with E-state index in [9.17, 15) is 24.0 Å². The minimum Gasteiger partial charge on any atom is -0.496 e. The van der Waals surface area contributed by atoms with Crippen LogP contribution in [0.5, 0.6) is 5.75 Å². The molecule has 1 aromatic carbocycles. The summed E-state index contributed by atoms with van der Waals surface area (Å²) in [7, 11) is 1.49. The minimum atomic E-state index is -1.04. The number of esters is 1. The van der Waals surface area contributed by atoms with E-state index < -0.39 is 53.8 Å². The van der Waals surface area contributed by atoms with Gasteiger partial charge in [-0.2, -0.15) is 0 Å². The number of nitrogens with one attached hydrogen (secondary N) is 3. The zero-order valence-corrected chi connectivity index (χ0v) is 21.9. The van der Waals surface area contributed by atoms with Gasteiger partial charge in [0.15, 0.2) is 0 Å². The molecule has 12 heteroatoms. The molecule has 1 aliphatic heterocycles. The van der Waals surface area contributed by atoms with Crippen LogP contribution in [0.3, 0.4) is 0 Å². The van der Waals surface area contributed by atoms with E-state index >= 15 is 0 Å². The van der Waals surface area contributed by atoms with Gasteiger partial charge in [-0.15, -0.1) is 0 Å². The maximum atomic E-state index is 13.2. The molecule has 1 aliphatic rings. The summed E-state index contributed by atoms with van der Waals surface area (Å²) in [5.41, 5.74) is -0.0627. The van der Waals surface area contributed by atoms with Crippen LogP contribution in [-0.2, 0) is 30.3 Å². The summed E-state index contributed by atoms with van der Waals surface area (Å²) in [6, 6.07) is 3.06. The summed E-state index contributed by atoms with van der Waals surface area (Å²) >= 11 is 6.09. The third kappa shape index (κ3) is 8.40. The first-order chi connectivity index (χ1) is 16.8. The Morgan fingerprint density at radius 1 is 1.25 bits per heavy atom. The van der Waals surface area contributed by atoms with Crippen LogP contribution in [0.4, 0.5) is 4.79 Å². The maximum absolute atomic E-state index is 13.2. The largest absolute Gasteiger partial charge is 0.496 e. The Morgan fingerprint density at radius 3 is 2.56 bits per heavy atom. The van der Waals surface area contributed by atoms with E-state index in [-0.39, 0.29) is 25.9 Å². The van der Waals surface area contributed by atoms with E-state index in [1.54, 1.807) is 45.9 Å².